The number of carbonyl (C=O) groups is 3. The number of rotatable bonds is 9. The van der Waals surface area contributed by atoms with Gasteiger partial charge in [-0.05, 0) is 72.9 Å². The molecular formula is C29H36FN3O4. The van der Waals surface area contributed by atoms with Gasteiger partial charge in [0.05, 0.1) is 12.0 Å². The van der Waals surface area contributed by atoms with E-state index in [2.05, 4.69) is 19.2 Å². The van der Waals surface area contributed by atoms with Gasteiger partial charge in [-0.1, -0.05) is 38.1 Å². The number of benzene rings is 2. The van der Waals surface area contributed by atoms with Crippen molar-refractivity contribution in [2.75, 3.05) is 13.1 Å². The molecule has 3 amide bonds. The maximum absolute atomic E-state index is 13.8. The lowest BCUT2D eigenvalue weighted by Crippen LogP contribution is -2.49. The van der Waals surface area contributed by atoms with E-state index in [-0.39, 0.29) is 36.3 Å². The minimum atomic E-state index is -0.964. The van der Waals surface area contributed by atoms with Crippen LogP contribution >= 0.6 is 0 Å². The van der Waals surface area contributed by atoms with Gasteiger partial charge in [0.25, 0.3) is 5.91 Å². The van der Waals surface area contributed by atoms with Crippen LogP contribution in [-0.2, 0) is 17.9 Å². The van der Waals surface area contributed by atoms with E-state index in [0.29, 0.717) is 37.0 Å². The largest absolute Gasteiger partial charge is 0.481 e. The van der Waals surface area contributed by atoms with E-state index < -0.39 is 5.97 Å². The highest BCUT2D eigenvalue weighted by Crippen LogP contribution is 2.44. The summed E-state index contributed by atoms with van der Waals surface area (Å²) in [6, 6.07) is 13.5. The zero-order chi connectivity index (χ0) is 26.6. The molecular weight excluding hydrogens is 473 g/mol. The lowest BCUT2D eigenvalue weighted by atomic mass is 9.72. The van der Waals surface area contributed by atoms with Crippen molar-refractivity contribution in [1.82, 2.24) is 15.1 Å². The number of halogens is 1. The third-order valence-corrected chi connectivity index (χ3v) is 7.91. The summed E-state index contributed by atoms with van der Waals surface area (Å²) < 4.78 is 13.8. The Morgan fingerprint density at radius 3 is 2.41 bits per heavy atom. The molecule has 2 aromatic rings. The predicted octanol–water partition coefficient (Wildman–Crippen LogP) is 5.05. The van der Waals surface area contributed by atoms with Crippen molar-refractivity contribution in [3.63, 3.8) is 0 Å². The summed E-state index contributed by atoms with van der Waals surface area (Å²) in [5.74, 6) is -0.331. The normalized spacial score (nSPS) is 21.6. The maximum atomic E-state index is 13.8. The number of carbonyl (C=O) groups excluding carboxylic acids is 2. The Bertz CT molecular complexity index is 1130. The number of hydrogen-bond donors (Lipinski definition) is 2. The van der Waals surface area contributed by atoms with Gasteiger partial charge in [0.1, 0.15) is 5.82 Å². The standard InChI is InChI=1S/C29H36FN3O4/c1-20(2)23-10-13-29(14-11-23)19-32(17-22-4-3-5-25(30)16-22)28(37)33(29)18-21-6-8-24(9-7-21)27(36)31-15-12-26(34)35/h3-9,16,20,23H,10-15,17-19H2,1-2H3,(H,31,36)(H,34,35). The first kappa shape index (κ1) is 26.6. The van der Waals surface area contributed by atoms with Gasteiger partial charge in [-0.2, -0.15) is 0 Å². The Balaban J connectivity index is 1.50. The zero-order valence-electron chi connectivity index (χ0n) is 21.6. The molecule has 0 aromatic heterocycles. The molecule has 2 aromatic carbocycles. The topological polar surface area (TPSA) is 90.0 Å². The second-order valence-corrected chi connectivity index (χ2v) is 10.8. The molecule has 1 aliphatic carbocycles. The Hall–Kier alpha value is -3.42. The minimum Gasteiger partial charge on any atom is -0.481 e. The quantitative estimate of drug-likeness (QED) is 0.495. The minimum absolute atomic E-state index is 0.0391. The van der Waals surface area contributed by atoms with Crippen LogP contribution in [0.2, 0.25) is 0 Å². The molecule has 2 aliphatic rings. The molecule has 1 saturated carbocycles. The highest BCUT2D eigenvalue weighted by Gasteiger charge is 2.50. The molecule has 0 radical (unpaired) electrons. The van der Waals surface area contributed by atoms with Crippen molar-refractivity contribution < 1.29 is 23.9 Å². The molecule has 1 spiro atoms. The van der Waals surface area contributed by atoms with Crippen LogP contribution in [0.4, 0.5) is 9.18 Å². The number of carboxylic acid groups (broad SMARTS) is 1. The third-order valence-electron chi connectivity index (χ3n) is 7.91. The summed E-state index contributed by atoms with van der Waals surface area (Å²) in [7, 11) is 0. The summed E-state index contributed by atoms with van der Waals surface area (Å²) in [5, 5.41) is 11.4. The van der Waals surface area contributed by atoms with Crippen LogP contribution in [0.5, 0.6) is 0 Å². The second-order valence-electron chi connectivity index (χ2n) is 10.8. The number of amides is 3. The monoisotopic (exact) mass is 509 g/mol. The molecule has 1 aliphatic heterocycles. The van der Waals surface area contributed by atoms with Gasteiger partial charge in [0, 0.05) is 31.7 Å². The zero-order valence-corrected chi connectivity index (χ0v) is 21.6. The van der Waals surface area contributed by atoms with E-state index in [0.717, 1.165) is 36.8 Å². The van der Waals surface area contributed by atoms with Gasteiger partial charge < -0.3 is 20.2 Å². The molecule has 198 valence electrons. The van der Waals surface area contributed by atoms with Crippen molar-refractivity contribution >= 4 is 17.9 Å². The van der Waals surface area contributed by atoms with Gasteiger partial charge in [0.15, 0.2) is 0 Å². The molecule has 0 bridgehead atoms. The fourth-order valence-electron chi connectivity index (χ4n) is 5.70. The van der Waals surface area contributed by atoms with Crippen molar-refractivity contribution in [3.05, 3.63) is 71.0 Å². The van der Waals surface area contributed by atoms with Crippen molar-refractivity contribution in [3.8, 4) is 0 Å². The summed E-state index contributed by atoms with van der Waals surface area (Å²) in [6.45, 7) is 6.02. The first-order valence-electron chi connectivity index (χ1n) is 13.1. The third kappa shape index (κ3) is 6.29. The van der Waals surface area contributed by atoms with Crippen LogP contribution in [-0.4, -0.2) is 51.4 Å². The van der Waals surface area contributed by atoms with E-state index in [1.807, 2.05) is 28.0 Å². The molecule has 0 atom stereocenters. The van der Waals surface area contributed by atoms with Crippen LogP contribution in [0.25, 0.3) is 0 Å². The molecule has 2 fully saturated rings. The average molecular weight is 510 g/mol. The molecule has 4 rings (SSSR count). The summed E-state index contributed by atoms with van der Waals surface area (Å²) in [5.41, 5.74) is 1.89. The molecule has 0 unspecified atom stereocenters. The Morgan fingerprint density at radius 2 is 1.78 bits per heavy atom. The van der Waals surface area contributed by atoms with E-state index in [1.54, 1.807) is 18.2 Å². The number of urea groups is 1. The summed E-state index contributed by atoms with van der Waals surface area (Å²) in [6.07, 6.45) is 3.89. The van der Waals surface area contributed by atoms with Gasteiger partial charge >= 0.3 is 12.0 Å². The molecule has 1 saturated heterocycles. The maximum Gasteiger partial charge on any atom is 0.321 e. The van der Waals surface area contributed by atoms with Gasteiger partial charge in [0.2, 0.25) is 0 Å². The van der Waals surface area contributed by atoms with Crippen LogP contribution in [0.1, 0.15) is 67.4 Å². The fourth-order valence-corrected chi connectivity index (χ4v) is 5.70. The Morgan fingerprint density at radius 1 is 1.08 bits per heavy atom. The Kier molecular flexibility index (Phi) is 8.15. The molecule has 2 N–H and O–H groups in total. The predicted molar refractivity (Wildman–Crippen MR) is 138 cm³/mol. The van der Waals surface area contributed by atoms with Gasteiger partial charge in [-0.15, -0.1) is 0 Å². The number of hydrogen-bond acceptors (Lipinski definition) is 3. The SMILES string of the molecule is CC(C)C1CCC2(CC1)CN(Cc1cccc(F)c1)C(=O)N2Cc1ccc(C(=O)NCCC(=O)O)cc1. The van der Waals surface area contributed by atoms with E-state index in [1.165, 1.54) is 12.1 Å². The second kappa shape index (κ2) is 11.3. The molecule has 37 heavy (non-hydrogen) atoms. The lowest BCUT2D eigenvalue weighted by molar-refractivity contribution is -0.136. The molecule has 7 nitrogen and oxygen atoms in total. The first-order chi connectivity index (χ1) is 17.7. The van der Waals surface area contributed by atoms with Crippen LogP contribution in [0.15, 0.2) is 48.5 Å². The smallest absolute Gasteiger partial charge is 0.321 e. The first-order valence-corrected chi connectivity index (χ1v) is 13.1. The van der Waals surface area contributed by atoms with Crippen molar-refractivity contribution in [2.45, 2.75) is 64.6 Å². The van der Waals surface area contributed by atoms with Crippen LogP contribution in [0, 0.1) is 17.7 Å². The molecule has 1 heterocycles. The Labute approximate surface area is 217 Å². The number of nitrogens with one attached hydrogen (secondary N) is 1. The average Bonchev–Trinajstić information content (AvgIpc) is 3.09. The summed E-state index contributed by atoms with van der Waals surface area (Å²) >= 11 is 0. The van der Waals surface area contributed by atoms with Crippen LogP contribution < -0.4 is 5.32 Å². The highest BCUT2D eigenvalue weighted by atomic mass is 19.1. The van der Waals surface area contributed by atoms with E-state index in [9.17, 15) is 18.8 Å². The summed E-state index contributed by atoms with van der Waals surface area (Å²) in [4.78, 5) is 40.5. The fraction of sp³-hybridized carbons (Fsp3) is 0.483. The number of aliphatic carboxylic acids is 1. The number of nitrogens with zero attached hydrogens (tertiary/aromatic N) is 2. The van der Waals surface area contributed by atoms with Crippen LogP contribution in [0.3, 0.4) is 0 Å². The lowest BCUT2D eigenvalue weighted by Gasteiger charge is -2.43. The highest BCUT2D eigenvalue weighted by molar-refractivity contribution is 5.94. The molecule has 8 heteroatoms. The van der Waals surface area contributed by atoms with Gasteiger partial charge in [-0.3, -0.25) is 9.59 Å². The van der Waals surface area contributed by atoms with Crippen molar-refractivity contribution in [1.29, 1.82) is 0 Å². The number of carboxylic acids is 1. The van der Waals surface area contributed by atoms with E-state index in [4.69, 9.17) is 5.11 Å². The van der Waals surface area contributed by atoms with Gasteiger partial charge in [-0.25, -0.2) is 9.18 Å². The van der Waals surface area contributed by atoms with Crippen molar-refractivity contribution in [2.24, 2.45) is 11.8 Å². The van der Waals surface area contributed by atoms with E-state index >= 15 is 0 Å².